The van der Waals surface area contributed by atoms with Gasteiger partial charge in [0.2, 0.25) is 0 Å². The molecule has 0 unspecified atom stereocenters. The molecule has 4 nitrogen and oxygen atoms in total. The van der Waals surface area contributed by atoms with Gasteiger partial charge in [-0.3, -0.25) is 4.79 Å². The van der Waals surface area contributed by atoms with Crippen molar-refractivity contribution in [1.29, 1.82) is 5.26 Å². The minimum Gasteiger partial charge on any atom is -0.490 e. The van der Waals surface area contributed by atoms with Crippen molar-refractivity contribution < 1.29 is 14.3 Å². The highest BCUT2D eigenvalue weighted by atomic mass is 79.9. The fraction of sp³-hybridized carbons (Fsp3) is 0.273. The van der Waals surface area contributed by atoms with Crippen molar-refractivity contribution in [3.63, 3.8) is 0 Å². The van der Waals surface area contributed by atoms with Crippen molar-refractivity contribution in [3.05, 3.63) is 22.2 Å². The molecule has 16 heavy (non-hydrogen) atoms. The lowest BCUT2D eigenvalue weighted by molar-refractivity contribution is 0.112. The third-order valence-corrected chi connectivity index (χ3v) is 2.47. The summed E-state index contributed by atoms with van der Waals surface area (Å²) in [5.41, 5.74) is 0.479. The molecule has 0 saturated carbocycles. The number of rotatable bonds is 5. The molecule has 0 heterocycles. The summed E-state index contributed by atoms with van der Waals surface area (Å²) in [5.74, 6) is 0.906. The Bertz CT molecular complexity index is 426. The summed E-state index contributed by atoms with van der Waals surface area (Å²) in [6.07, 6.45) is 0.723. The highest BCUT2D eigenvalue weighted by Crippen LogP contribution is 2.33. The van der Waals surface area contributed by atoms with Crippen LogP contribution in [0, 0.1) is 11.3 Å². The standard InChI is InChI=1S/C11H10BrNO3/c1-2-15-10-5-8(7-14)9(12)6-11(10)16-4-3-13/h5-7H,2,4H2,1H3. The molecule has 1 aromatic rings. The maximum Gasteiger partial charge on any atom is 0.174 e. The van der Waals surface area contributed by atoms with Gasteiger partial charge in [0, 0.05) is 10.0 Å². The van der Waals surface area contributed by atoms with Crippen LogP contribution in [0.15, 0.2) is 16.6 Å². The van der Waals surface area contributed by atoms with E-state index in [0.717, 1.165) is 6.29 Å². The van der Waals surface area contributed by atoms with Crippen LogP contribution in [0.5, 0.6) is 11.5 Å². The van der Waals surface area contributed by atoms with Crippen LogP contribution in [0.25, 0.3) is 0 Å². The smallest absolute Gasteiger partial charge is 0.174 e. The number of aldehydes is 1. The van der Waals surface area contributed by atoms with Crippen molar-refractivity contribution in [1.82, 2.24) is 0 Å². The third kappa shape index (κ3) is 2.97. The third-order valence-electron chi connectivity index (χ3n) is 1.78. The fourth-order valence-corrected chi connectivity index (χ4v) is 1.55. The van der Waals surface area contributed by atoms with E-state index in [1.807, 2.05) is 13.0 Å². The Morgan fingerprint density at radius 3 is 2.69 bits per heavy atom. The number of ether oxygens (including phenoxy) is 2. The molecule has 0 aliphatic heterocycles. The Hall–Kier alpha value is -1.54. The van der Waals surface area contributed by atoms with E-state index in [1.54, 1.807) is 12.1 Å². The van der Waals surface area contributed by atoms with E-state index < -0.39 is 0 Å². The van der Waals surface area contributed by atoms with Gasteiger partial charge >= 0.3 is 0 Å². The molecule has 0 saturated heterocycles. The molecule has 0 bridgehead atoms. The summed E-state index contributed by atoms with van der Waals surface area (Å²) >= 11 is 3.23. The van der Waals surface area contributed by atoms with E-state index >= 15 is 0 Å². The summed E-state index contributed by atoms with van der Waals surface area (Å²) in [6.45, 7) is 2.23. The van der Waals surface area contributed by atoms with Crippen molar-refractivity contribution in [2.75, 3.05) is 13.2 Å². The monoisotopic (exact) mass is 283 g/mol. The van der Waals surface area contributed by atoms with E-state index in [0.29, 0.717) is 28.1 Å². The van der Waals surface area contributed by atoms with Crippen molar-refractivity contribution in [2.45, 2.75) is 6.92 Å². The average Bonchev–Trinajstić information content (AvgIpc) is 2.29. The minimum absolute atomic E-state index is 0.0625. The maximum atomic E-state index is 10.7. The molecule has 1 aromatic carbocycles. The van der Waals surface area contributed by atoms with Gasteiger partial charge in [-0.05, 0) is 35.0 Å². The first kappa shape index (κ1) is 12.5. The quantitative estimate of drug-likeness (QED) is 0.780. The molecule has 0 aliphatic rings. The highest BCUT2D eigenvalue weighted by Gasteiger charge is 2.10. The van der Waals surface area contributed by atoms with E-state index in [-0.39, 0.29) is 6.61 Å². The predicted octanol–water partition coefficient (Wildman–Crippen LogP) is 2.56. The second-order valence-electron chi connectivity index (χ2n) is 2.82. The second-order valence-corrected chi connectivity index (χ2v) is 3.67. The Balaban J connectivity index is 3.09. The van der Waals surface area contributed by atoms with E-state index in [2.05, 4.69) is 15.9 Å². The number of carbonyl (C=O) groups excluding carboxylic acids is 1. The zero-order valence-corrected chi connectivity index (χ0v) is 10.3. The molecule has 0 aromatic heterocycles. The summed E-state index contributed by atoms with van der Waals surface area (Å²) in [6, 6.07) is 5.06. The first-order valence-corrected chi connectivity index (χ1v) is 5.43. The maximum absolute atomic E-state index is 10.7. The SMILES string of the molecule is CCOc1cc(C=O)c(Br)cc1OCC#N. The molecule has 0 atom stereocenters. The molecule has 1 rings (SSSR count). The molecule has 0 fully saturated rings. The normalized spacial score (nSPS) is 9.31. The van der Waals surface area contributed by atoms with Crippen LogP contribution >= 0.6 is 15.9 Å². The fourth-order valence-electron chi connectivity index (χ4n) is 1.13. The molecule has 84 valence electrons. The van der Waals surface area contributed by atoms with Gasteiger partial charge in [-0.2, -0.15) is 5.26 Å². The van der Waals surface area contributed by atoms with Crippen LogP contribution in [0.3, 0.4) is 0 Å². The highest BCUT2D eigenvalue weighted by molar-refractivity contribution is 9.10. The number of halogens is 1. The van der Waals surface area contributed by atoms with Crippen LogP contribution < -0.4 is 9.47 Å². The van der Waals surface area contributed by atoms with Gasteiger partial charge in [0.05, 0.1) is 6.61 Å². The van der Waals surface area contributed by atoms with Crippen LogP contribution in [0.2, 0.25) is 0 Å². The first-order chi connectivity index (χ1) is 7.72. The number of carbonyl (C=O) groups is 1. The second kappa shape index (κ2) is 6.13. The van der Waals surface area contributed by atoms with Crippen LogP contribution in [-0.2, 0) is 0 Å². The van der Waals surface area contributed by atoms with E-state index in [9.17, 15) is 4.79 Å². The zero-order valence-electron chi connectivity index (χ0n) is 8.70. The Kier molecular flexibility index (Phi) is 4.80. The van der Waals surface area contributed by atoms with E-state index in [4.69, 9.17) is 14.7 Å². The van der Waals surface area contributed by atoms with Gasteiger partial charge in [0.1, 0.15) is 6.07 Å². The minimum atomic E-state index is -0.0625. The number of benzene rings is 1. The average molecular weight is 284 g/mol. The Morgan fingerprint density at radius 1 is 1.44 bits per heavy atom. The predicted molar refractivity (Wildman–Crippen MR) is 61.8 cm³/mol. The number of hydrogen-bond donors (Lipinski definition) is 0. The molecule has 0 amide bonds. The van der Waals surface area contributed by atoms with Gasteiger partial charge in [-0.25, -0.2) is 0 Å². The molecule has 0 radical (unpaired) electrons. The lowest BCUT2D eigenvalue weighted by Gasteiger charge is -2.11. The number of hydrogen-bond acceptors (Lipinski definition) is 4. The largest absolute Gasteiger partial charge is 0.490 e. The molecule has 0 N–H and O–H groups in total. The molecule has 0 spiro atoms. The lowest BCUT2D eigenvalue weighted by atomic mass is 10.2. The Morgan fingerprint density at radius 2 is 2.12 bits per heavy atom. The van der Waals surface area contributed by atoms with Crippen molar-refractivity contribution in [3.8, 4) is 17.6 Å². The molecule has 0 aliphatic carbocycles. The van der Waals surface area contributed by atoms with Gasteiger partial charge in [0.15, 0.2) is 24.4 Å². The van der Waals surface area contributed by atoms with E-state index in [1.165, 1.54) is 0 Å². The lowest BCUT2D eigenvalue weighted by Crippen LogP contribution is -2.00. The summed E-state index contributed by atoms with van der Waals surface area (Å²) in [7, 11) is 0. The van der Waals surface area contributed by atoms with Crippen LogP contribution in [0.4, 0.5) is 0 Å². The van der Waals surface area contributed by atoms with Gasteiger partial charge in [-0.1, -0.05) is 0 Å². The summed E-state index contributed by atoms with van der Waals surface area (Å²) < 4.78 is 11.1. The number of nitrogens with zero attached hydrogens (tertiary/aromatic N) is 1. The van der Waals surface area contributed by atoms with Gasteiger partial charge in [-0.15, -0.1) is 0 Å². The summed E-state index contributed by atoms with van der Waals surface area (Å²) in [5, 5.41) is 8.43. The zero-order chi connectivity index (χ0) is 12.0. The molecular weight excluding hydrogens is 274 g/mol. The number of nitriles is 1. The van der Waals surface area contributed by atoms with Gasteiger partial charge in [0.25, 0.3) is 0 Å². The van der Waals surface area contributed by atoms with Crippen molar-refractivity contribution >= 4 is 22.2 Å². The topological polar surface area (TPSA) is 59.3 Å². The van der Waals surface area contributed by atoms with Crippen LogP contribution in [0.1, 0.15) is 17.3 Å². The van der Waals surface area contributed by atoms with Crippen molar-refractivity contribution in [2.24, 2.45) is 0 Å². The van der Waals surface area contributed by atoms with Gasteiger partial charge < -0.3 is 9.47 Å². The van der Waals surface area contributed by atoms with Crippen LogP contribution in [-0.4, -0.2) is 19.5 Å². The summed E-state index contributed by atoms with van der Waals surface area (Å²) in [4.78, 5) is 10.7. The molecule has 5 heteroatoms. The molecular formula is C11H10BrNO3. The Labute approximate surface area is 102 Å². The first-order valence-electron chi connectivity index (χ1n) is 4.64.